The first-order chi connectivity index (χ1) is 9.72. The highest BCUT2D eigenvalue weighted by Gasteiger charge is 2.28. The average molecular weight is 273 g/mol. The standard InChI is InChI=1S/C17H27N3/c1-14-3-4-16(15(2)11-14)12-19-8-5-17(13-19)20-9-6-18-7-10-20/h3-4,11,17-18H,5-10,12-13H2,1-2H3. The van der Waals surface area contributed by atoms with Gasteiger partial charge in [-0.15, -0.1) is 0 Å². The van der Waals surface area contributed by atoms with Crippen molar-refractivity contribution >= 4 is 0 Å². The molecule has 2 aliphatic heterocycles. The van der Waals surface area contributed by atoms with E-state index in [9.17, 15) is 0 Å². The van der Waals surface area contributed by atoms with E-state index in [1.165, 1.54) is 49.3 Å². The van der Waals surface area contributed by atoms with Crippen molar-refractivity contribution in [1.29, 1.82) is 0 Å². The zero-order chi connectivity index (χ0) is 13.9. The van der Waals surface area contributed by atoms with Crippen LogP contribution in [0.5, 0.6) is 0 Å². The molecule has 3 nitrogen and oxygen atoms in total. The predicted molar refractivity (Wildman–Crippen MR) is 84.0 cm³/mol. The molecule has 20 heavy (non-hydrogen) atoms. The lowest BCUT2D eigenvalue weighted by atomic mass is 10.1. The summed E-state index contributed by atoms with van der Waals surface area (Å²) in [6.45, 7) is 12.8. The number of likely N-dealkylation sites (tertiary alicyclic amines) is 1. The summed E-state index contributed by atoms with van der Waals surface area (Å²) >= 11 is 0. The molecule has 2 heterocycles. The molecule has 3 rings (SSSR count). The van der Waals surface area contributed by atoms with Gasteiger partial charge in [0.2, 0.25) is 0 Å². The molecule has 1 atom stereocenters. The molecule has 0 saturated carbocycles. The van der Waals surface area contributed by atoms with Crippen LogP contribution in [0.2, 0.25) is 0 Å². The summed E-state index contributed by atoms with van der Waals surface area (Å²) in [5.41, 5.74) is 4.30. The highest BCUT2D eigenvalue weighted by Crippen LogP contribution is 2.20. The Labute approximate surface area is 123 Å². The van der Waals surface area contributed by atoms with E-state index in [2.05, 4.69) is 47.2 Å². The Hall–Kier alpha value is -0.900. The topological polar surface area (TPSA) is 18.5 Å². The van der Waals surface area contributed by atoms with Crippen molar-refractivity contribution in [3.8, 4) is 0 Å². The molecular weight excluding hydrogens is 246 g/mol. The van der Waals surface area contributed by atoms with Crippen molar-refractivity contribution in [3.63, 3.8) is 0 Å². The van der Waals surface area contributed by atoms with Gasteiger partial charge in [0.05, 0.1) is 0 Å². The van der Waals surface area contributed by atoms with Crippen LogP contribution in [0.4, 0.5) is 0 Å². The van der Waals surface area contributed by atoms with Crippen LogP contribution in [0.15, 0.2) is 18.2 Å². The fraction of sp³-hybridized carbons (Fsp3) is 0.647. The smallest absolute Gasteiger partial charge is 0.0237 e. The van der Waals surface area contributed by atoms with Gasteiger partial charge in [-0.05, 0) is 31.4 Å². The van der Waals surface area contributed by atoms with E-state index in [-0.39, 0.29) is 0 Å². The Kier molecular flexibility index (Phi) is 4.39. The van der Waals surface area contributed by atoms with Crippen molar-refractivity contribution in [2.45, 2.75) is 32.9 Å². The monoisotopic (exact) mass is 273 g/mol. The van der Waals surface area contributed by atoms with Crippen LogP contribution in [0.1, 0.15) is 23.1 Å². The lowest BCUT2D eigenvalue weighted by Crippen LogP contribution is -2.49. The number of piperazine rings is 1. The molecule has 0 spiro atoms. The second-order valence-corrected chi connectivity index (χ2v) is 6.39. The zero-order valence-corrected chi connectivity index (χ0v) is 12.9. The molecule has 0 amide bonds. The number of hydrogen-bond donors (Lipinski definition) is 1. The third-order valence-electron chi connectivity index (χ3n) is 4.81. The first-order valence-corrected chi connectivity index (χ1v) is 7.95. The van der Waals surface area contributed by atoms with Crippen LogP contribution in [-0.4, -0.2) is 55.1 Å². The maximum Gasteiger partial charge on any atom is 0.0237 e. The Balaban J connectivity index is 1.57. The Morgan fingerprint density at radius 3 is 2.70 bits per heavy atom. The molecule has 2 fully saturated rings. The Morgan fingerprint density at radius 1 is 1.15 bits per heavy atom. The van der Waals surface area contributed by atoms with Crippen LogP contribution < -0.4 is 5.32 Å². The predicted octanol–water partition coefficient (Wildman–Crippen LogP) is 1.78. The van der Waals surface area contributed by atoms with E-state index < -0.39 is 0 Å². The van der Waals surface area contributed by atoms with Crippen molar-refractivity contribution in [3.05, 3.63) is 34.9 Å². The SMILES string of the molecule is Cc1ccc(CN2CCC(N3CCNCC3)C2)c(C)c1. The zero-order valence-electron chi connectivity index (χ0n) is 12.9. The third-order valence-corrected chi connectivity index (χ3v) is 4.81. The second-order valence-electron chi connectivity index (χ2n) is 6.39. The summed E-state index contributed by atoms with van der Waals surface area (Å²) in [6.07, 6.45) is 1.34. The normalized spacial score (nSPS) is 25.2. The summed E-state index contributed by atoms with van der Waals surface area (Å²) in [5, 5.41) is 3.45. The molecular formula is C17H27N3. The highest BCUT2D eigenvalue weighted by atomic mass is 15.3. The molecule has 0 aliphatic carbocycles. The quantitative estimate of drug-likeness (QED) is 0.906. The first-order valence-electron chi connectivity index (χ1n) is 7.95. The fourth-order valence-electron chi connectivity index (χ4n) is 3.57. The summed E-state index contributed by atoms with van der Waals surface area (Å²) in [4.78, 5) is 5.31. The molecule has 110 valence electrons. The average Bonchev–Trinajstić information content (AvgIpc) is 2.92. The minimum absolute atomic E-state index is 0.780. The molecule has 0 bridgehead atoms. The minimum Gasteiger partial charge on any atom is -0.314 e. The summed E-state index contributed by atoms with van der Waals surface area (Å²) in [6, 6.07) is 7.64. The van der Waals surface area contributed by atoms with Crippen LogP contribution in [0.3, 0.4) is 0 Å². The molecule has 1 aromatic rings. The molecule has 0 aromatic heterocycles. The summed E-state index contributed by atoms with van der Waals surface area (Å²) in [7, 11) is 0. The summed E-state index contributed by atoms with van der Waals surface area (Å²) < 4.78 is 0. The third kappa shape index (κ3) is 3.22. The van der Waals surface area contributed by atoms with Gasteiger partial charge >= 0.3 is 0 Å². The van der Waals surface area contributed by atoms with Gasteiger partial charge in [-0.1, -0.05) is 23.8 Å². The number of hydrogen-bond acceptors (Lipinski definition) is 3. The van der Waals surface area contributed by atoms with Crippen molar-refractivity contribution in [2.24, 2.45) is 0 Å². The highest BCUT2D eigenvalue weighted by molar-refractivity contribution is 5.30. The second kappa shape index (κ2) is 6.25. The van der Waals surface area contributed by atoms with Crippen LogP contribution in [0.25, 0.3) is 0 Å². The fourth-order valence-corrected chi connectivity index (χ4v) is 3.57. The van der Waals surface area contributed by atoms with Crippen molar-refractivity contribution in [1.82, 2.24) is 15.1 Å². The number of rotatable bonds is 3. The van der Waals surface area contributed by atoms with Gasteiger partial charge in [0, 0.05) is 51.9 Å². The van der Waals surface area contributed by atoms with E-state index >= 15 is 0 Å². The van der Waals surface area contributed by atoms with E-state index in [0.29, 0.717) is 0 Å². The summed E-state index contributed by atoms with van der Waals surface area (Å²) in [5.74, 6) is 0. The molecule has 2 aliphatic rings. The van der Waals surface area contributed by atoms with E-state index in [4.69, 9.17) is 0 Å². The lowest BCUT2D eigenvalue weighted by molar-refractivity contribution is 0.170. The van der Waals surface area contributed by atoms with Crippen LogP contribution >= 0.6 is 0 Å². The Bertz CT molecular complexity index is 452. The molecule has 1 aromatic carbocycles. The number of nitrogens with zero attached hydrogens (tertiary/aromatic N) is 2. The first kappa shape index (κ1) is 14.1. The van der Waals surface area contributed by atoms with E-state index in [1.54, 1.807) is 0 Å². The number of nitrogens with one attached hydrogen (secondary N) is 1. The number of benzene rings is 1. The molecule has 2 saturated heterocycles. The van der Waals surface area contributed by atoms with Crippen LogP contribution in [0, 0.1) is 13.8 Å². The Morgan fingerprint density at radius 2 is 1.95 bits per heavy atom. The maximum atomic E-state index is 3.45. The van der Waals surface area contributed by atoms with E-state index in [0.717, 1.165) is 25.7 Å². The van der Waals surface area contributed by atoms with Gasteiger partial charge in [-0.3, -0.25) is 9.80 Å². The molecule has 0 radical (unpaired) electrons. The van der Waals surface area contributed by atoms with Gasteiger partial charge in [-0.25, -0.2) is 0 Å². The van der Waals surface area contributed by atoms with E-state index in [1.807, 2.05) is 0 Å². The lowest BCUT2D eigenvalue weighted by Gasteiger charge is -2.32. The van der Waals surface area contributed by atoms with Gasteiger partial charge in [0.1, 0.15) is 0 Å². The largest absolute Gasteiger partial charge is 0.314 e. The van der Waals surface area contributed by atoms with Gasteiger partial charge in [-0.2, -0.15) is 0 Å². The van der Waals surface area contributed by atoms with Gasteiger partial charge in [0.15, 0.2) is 0 Å². The number of aryl methyl sites for hydroxylation is 2. The molecule has 3 heteroatoms. The van der Waals surface area contributed by atoms with Crippen molar-refractivity contribution < 1.29 is 0 Å². The maximum absolute atomic E-state index is 3.45. The minimum atomic E-state index is 0.780. The molecule has 1 N–H and O–H groups in total. The van der Waals surface area contributed by atoms with Crippen molar-refractivity contribution in [2.75, 3.05) is 39.3 Å². The molecule has 1 unspecified atom stereocenters. The van der Waals surface area contributed by atoms with Crippen LogP contribution in [-0.2, 0) is 6.54 Å². The van der Waals surface area contributed by atoms with Gasteiger partial charge in [0.25, 0.3) is 0 Å². The van der Waals surface area contributed by atoms with Gasteiger partial charge < -0.3 is 5.32 Å².